The summed E-state index contributed by atoms with van der Waals surface area (Å²) in [7, 11) is 0. The molecule has 0 radical (unpaired) electrons. The summed E-state index contributed by atoms with van der Waals surface area (Å²) in [5.74, 6) is 0. The molecule has 0 aromatic heterocycles. The summed E-state index contributed by atoms with van der Waals surface area (Å²) in [5.41, 5.74) is -1.06. The molecule has 1 aliphatic heterocycles. The van der Waals surface area contributed by atoms with Crippen molar-refractivity contribution in [3.63, 3.8) is 0 Å². The van der Waals surface area contributed by atoms with Gasteiger partial charge in [-0.2, -0.15) is 0 Å². The Labute approximate surface area is 54.1 Å². The topological polar surface area (TPSA) is 32.3 Å². The summed E-state index contributed by atoms with van der Waals surface area (Å²) in [6.45, 7) is 0.686. The smallest absolute Gasteiger partial charge is 0.119 e. The van der Waals surface area contributed by atoms with E-state index in [1.54, 1.807) is 0 Å². The molecule has 0 aromatic carbocycles. The quantitative estimate of drug-likeness (QED) is 0.530. The van der Waals surface area contributed by atoms with Gasteiger partial charge in [-0.15, -0.1) is 0 Å². The van der Waals surface area contributed by atoms with Crippen molar-refractivity contribution in [2.75, 3.05) is 19.8 Å². The predicted octanol–water partition coefficient (Wildman–Crippen LogP) is 0.0704. The van der Waals surface area contributed by atoms with Crippen LogP contribution in [0.4, 0.5) is 4.39 Å². The minimum atomic E-state index is -1.06. The molecule has 0 saturated carbocycles. The molecule has 1 aliphatic rings. The Hall–Kier alpha value is -0.150. The Kier molecular flexibility index (Phi) is 2.03. The largest absolute Gasteiger partial charge is 0.386 e. The van der Waals surface area contributed by atoms with Gasteiger partial charge in [0.2, 0.25) is 0 Å². The van der Waals surface area contributed by atoms with Crippen LogP contribution >= 0.6 is 0 Å². The van der Waals surface area contributed by atoms with Crippen molar-refractivity contribution in [1.29, 1.82) is 0 Å². The van der Waals surface area contributed by atoms with E-state index in [1.807, 2.05) is 0 Å². The molecular weight excluding hydrogens is 121 g/mol. The Morgan fingerprint density at radius 3 is 2.78 bits per heavy atom. The van der Waals surface area contributed by atoms with Gasteiger partial charge in [0, 0.05) is 6.54 Å². The monoisotopic (exact) mass is 133 g/mol. The van der Waals surface area contributed by atoms with E-state index in [0.29, 0.717) is 13.0 Å². The molecule has 9 heavy (non-hydrogen) atoms. The molecule has 0 bridgehead atoms. The van der Waals surface area contributed by atoms with Crippen molar-refractivity contribution in [2.45, 2.75) is 18.4 Å². The number of piperidine rings is 1. The van der Waals surface area contributed by atoms with Gasteiger partial charge in [-0.1, -0.05) is 0 Å². The molecule has 1 saturated heterocycles. The lowest BCUT2D eigenvalue weighted by Gasteiger charge is -2.29. The van der Waals surface area contributed by atoms with E-state index in [9.17, 15) is 9.50 Å². The fourth-order valence-corrected chi connectivity index (χ4v) is 1.07. The van der Waals surface area contributed by atoms with Crippen LogP contribution in [0.2, 0.25) is 0 Å². The van der Waals surface area contributed by atoms with Crippen LogP contribution in [0.1, 0.15) is 12.8 Å². The van der Waals surface area contributed by atoms with Gasteiger partial charge < -0.3 is 10.4 Å². The number of β-amino-alcohol motifs (C(OH)–C–C–N with tert-alkyl or cyclic N) is 1. The highest BCUT2D eigenvalue weighted by Crippen LogP contribution is 2.15. The minimum Gasteiger partial charge on any atom is -0.386 e. The highest BCUT2D eigenvalue weighted by atomic mass is 19.1. The lowest BCUT2D eigenvalue weighted by molar-refractivity contribution is -0.00519. The second kappa shape index (κ2) is 2.62. The van der Waals surface area contributed by atoms with Crippen LogP contribution in [0.15, 0.2) is 0 Å². The van der Waals surface area contributed by atoms with Gasteiger partial charge in [-0.3, -0.25) is 0 Å². The van der Waals surface area contributed by atoms with E-state index in [4.69, 9.17) is 0 Å². The molecule has 54 valence electrons. The van der Waals surface area contributed by atoms with E-state index in [-0.39, 0.29) is 0 Å². The summed E-state index contributed by atoms with van der Waals surface area (Å²) >= 11 is 0. The average Bonchev–Trinajstić information content (AvgIpc) is 1.90. The van der Waals surface area contributed by atoms with Gasteiger partial charge in [0.05, 0.1) is 0 Å². The molecule has 1 rings (SSSR count). The maximum atomic E-state index is 12.0. The third-order valence-electron chi connectivity index (χ3n) is 1.70. The van der Waals surface area contributed by atoms with Crippen molar-refractivity contribution >= 4 is 0 Å². The normalized spacial score (nSPS) is 36.7. The van der Waals surface area contributed by atoms with E-state index in [1.165, 1.54) is 0 Å². The number of hydrogen-bond acceptors (Lipinski definition) is 2. The molecule has 1 heterocycles. The highest BCUT2D eigenvalue weighted by Gasteiger charge is 2.28. The van der Waals surface area contributed by atoms with Crippen molar-refractivity contribution in [3.05, 3.63) is 0 Å². The van der Waals surface area contributed by atoms with E-state index in [2.05, 4.69) is 5.32 Å². The first-order chi connectivity index (χ1) is 4.27. The maximum absolute atomic E-state index is 12.0. The molecule has 1 unspecified atom stereocenters. The Balaban J connectivity index is 2.37. The van der Waals surface area contributed by atoms with Crippen LogP contribution < -0.4 is 5.32 Å². The van der Waals surface area contributed by atoms with Gasteiger partial charge in [0.1, 0.15) is 12.3 Å². The van der Waals surface area contributed by atoms with Gasteiger partial charge in [0.25, 0.3) is 0 Å². The van der Waals surface area contributed by atoms with Crippen LogP contribution in [0.5, 0.6) is 0 Å². The standard InChI is InChI=1S/C6H12FNO/c7-4-6(9)2-1-3-8-5-6/h8-9H,1-5H2. The third-order valence-corrected chi connectivity index (χ3v) is 1.70. The molecule has 0 aliphatic carbocycles. The van der Waals surface area contributed by atoms with Crippen LogP contribution in [0, 0.1) is 0 Å². The molecule has 0 amide bonds. The van der Waals surface area contributed by atoms with Gasteiger partial charge >= 0.3 is 0 Å². The first-order valence-electron chi connectivity index (χ1n) is 3.26. The van der Waals surface area contributed by atoms with Crippen LogP contribution in [-0.4, -0.2) is 30.5 Å². The number of alkyl halides is 1. The molecule has 1 atom stereocenters. The number of halogens is 1. The zero-order valence-electron chi connectivity index (χ0n) is 5.36. The van der Waals surface area contributed by atoms with Crippen molar-refractivity contribution < 1.29 is 9.50 Å². The third kappa shape index (κ3) is 1.63. The van der Waals surface area contributed by atoms with Crippen LogP contribution in [0.3, 0.4) is 0 Å². The average molecular weight is 133 g/mol. The fraction of sp³-hybridized carbons (Fsp3) is 1.00. The summed E-state index contributed by atoms with van der Waals surface area (Å²) < 4.78 is 12.0. The number of hydrogen-bond donors (Lipinski definition) is 2. The summed E-state index contributed by atoms with van der Waals surface area (Å²) in [6, 6.07) is 0. The Bertz CT molecular complexity index is 91.1. The summed E-state index contributed by atoms with van der Waals surface area (Å²) in [6.07, 6.45) is 1.47. The SMILES string of the molecule is OC1(CF)CCCNC1. The lowest BCUT2D eigenvalue weighted by Crippen LogP contribution is -2.47. The molecule has 0 spiro atoms. The zero-order valence-corrected chi connectivity index (χ0v) is 5.36. The predicted molar refractivity (Wildman–Crippen MR) is 33.0 cm³/mol. The first-order valence-corrected chi connectivity index (χ1v) is 3.26. The van der Waals surface area contributed by atoms with Crippen molar-refractivity contribution in [2.24, 2.45) is 0 Å². The van der Waals surface area contributed by atoms with E-state index < -0.39 is 12.3 Å². The number of nitrogens with one attached hydrogen (secondary N) is 1. The number of aliphatic hydroxyl groups is 1. The van der Waals surface area contributed by atoms with E-state index >= 15 is 0 Å². The second-order valence-electron chi connectivity index (χ2n) is 2.64. The highest BCUT2D eigenvalue weighted by molar-refractivity contribution is 4.84. The van der Waals surface area contributed by atoms with Crippen LogP contribution in [-0.2, 0) is 0 Å². The molecule has 1 fully saturated rings. The van der Waals surface area contributed by atoms with Gasteiger partial charge in [-0.05, 0) is 19.4 Å². The summed E-state index contributed by atoms with van der Waals surface area (Å²) in [5, 5.41) is 12.2. The second-order valence-corrected chi connectivity index (χ2v) is 2.64. The zero-order chi connectivity index (χ0) is 6.74. The Morgan fingerprint density at radius 2 is 2.44 bits per heavy atom. The number of rotatable bonds is 1. The Morgan fingerprint density at radius 1 is 1.67 bits per heavy atom. The molecule has 2 nitrogen and oxygen atoms in total. The van der Waals surface area contributed by atoms with E-state index in [0.717, 1.165) is 13.0 Å². The van der Waals surface area contributed by atoms with Crippen molar-refractivity contribution in [1.82, 2.24) is 5.32 Å². The molecular formula is C6H12FNO. The minimum absolute atomic E-state index is 0.406. The molecule has 3 heteroatoms. The van der Waals surface area contributed by atoms with Crippen LogP contribution in [0.25, 0.3) is 0 Å². The lowest BCUT2D eigenvalue weighted by atomic mass is 9.96. The first kappa shape index (κ1) is 6.96. The molecule has 0 aromatic rings. The maximum Gasteiger partial charge on any atom is 0.119 e. The van der Waals surface area contributed by atoms with Gasteiger partial charge in [0.15, 0.2) is 0 Å². The molecule has 2 N–H and O–H groups in total. The fourth-order valence-electron chi connectivity index (χ4n) is 1.07. The summed E-state index contributed by atoms with van der Waals surface area (Å²) in [4.78, 5) is 0. The van der Waals surface area contributed by atoms with Crippen molar-refractivity contribution in [3.8, 4) is 0 Å². The van der Waals surface area contributed by atoms with Gasteiger partial charge in [-0.25, -0.2) is 4.39 Å².